The number of hydrogen-bond acceptors (Lipinski definition) is 5. The maximum Gasteiger partial charge on any atom is 0.293 e. The molecule has 7 nitrogen and oxygen atoms in total. The van der Waals surface area contributed by atoms with E-state index in [0.29, 0.717) is 23.8 Å². The zero-order valence-electron chi connectivity index (χ0n) is 12.5. The minimum absolute atomic E-state index is 0.0273. The van der Waals surface area contributed by atoms with Crippen molar-refractivity contribution in [1.29, 1.82) is 0 Å². The van der Waals surface area contributed by atoms with Crippen LogP contribution in [0.15, 0.2) is 18.2 Å². The molecule has 2 fully saturated rings. The summed E-state index contributed by atoms with van der Waals surface area (Å²) < 4.78 is 0. The standard InChI is InChI=1S/C15H20N4O3/c1-10-9-16-6-7-18(10)15(20)11-2-5-13(17-12-3-4-12)14(8-11)19(21)22/h2,5,8,10,12,16-17H,3-4,6-7,9H2,1H3/t10-/m1/s1. The number of amides is 1. The van der Waals surface area contributed by atoms with Gasteiger partial charge in [0.2, 0.25) is 0 Å². The number of anilines is 1. The monoisotopic (exact) mass is 304 g/mol. The molecule has 1 aliphatic carbocycles. The molecular weight excluding hydrogens is 284 g/mol. The molecule has 7 heteroatoms. The minimum Gasteiger partial charge on any atom is -0.377 e. The molecule has 1 aliphatic heterocycles. The van der Waals surface area contributed by atoms with E-state index < -0.39 is 4.92 Å². The van der Waals surface area contributed by atoms with Gasteiger partial charge in [-0.15, -0.1) is 0 Å². The molecule has 1 saturated carbocycles. The molecule has 0 spiro atoms. The summed E-state index contributed by atoms with van der Waals surface area (Å²) in [6, 6.07) is 5.13. The Kier molecular flexibility index (Phi) is 3.98. The van der Waals surface area contributed by atoms with Gasteiger partial charge in [-0.1, -0.05) is 0 Å². The lowest BCUT2D eigenvalue weighted by atomic mass is 10.1. The Morgan fingerprint density at radius 2 is 2.23 bits per heavy atom. The lowest BCUT2D eigenvalue weighted by Gasteiger charge is -2.34. The van der Waals surface area contributed by atoms with E-state index in [4.69, 9.17) is 0 Å². The SMILES string of the molecule is C[C@@H]1CNCCN1C(=O)c1ccc(NC2CC2)c([N+](=O)[O-])c1. The Bertz CT molecular complexity index is 600. The fourth-order valence-electron chi connectivity index (χ4n) is 2.69. The molecule has 1 heterocycles. The van der Waals surface area contributed by atoms with E-state index in [0.717, 1.165) is 25.9 Å². The van der Waals surface area contributed by atoms with Gasteiger partial charge in [0.15, 0.2) is 0 Å². The van der Waals surface area contributed by atoms with Crippen molar-refractivity contribution in [2.45, 2.75) is 31.8 Å². The molecule has 0 unspecified atom stereocenters. The maximum absolute atomic E-state index is 12.6. The lowest BCUT2D eigenvalue weighted by molar-refractivity contribution is -0.384. The number of hydrogen-bond donors (Lipinski definition) is 2. The highest BCUT2D eigenvalue weighted by molar-refractivity contribution is 5.96. The van der Waals surface area contributed by atoms with Gasteiger partial charge in [-0.2, -0.15) is 0 Å². The first-order valence-electron chi connectivity index (χ1n) is 7.63. The molecular formula is C15H20N4O3. The normalized spacial score (nSPS) is 21.5. The number of nitro groups is 1. The molecule has 1 atom stereocenters. The molecule has 1 amide bonds. The highest BCUT2D eigenvalue weighted by Gasteiger charge is 2.28. The average molecular weight is 304 g/mol. The van der Waals surface area contributed by atoms with Crippen molar-refractivity contribution >= 4 is 17.3 Å². The highest BCUT2D eigenvalue weighted by atomic mass is 16.6. The van der Waals surface area contributed by atoms with Crippen molar-refractivity contribution < 1.29 is 9.72 Å². The van der Waals surface area contributed by atoms with Crippen LogP contribution in [-0.4, -0.2) is 47.4 Å². The summed E-state index contributed by atoms with van der Waals surface area (Å²) in [6.45, 7) is 4.09. The molecule has 1 aromatic rings. The first-order valence-corrected chi connectivity index (χ1v) is 7.63. The van der Waals surface area contributed by atoms with Gasteiger partial charge in [-0.3, -0.25) is 14.9 Å². The van der Waals surface area contributed by atoms with Crippen LogP contribution in [0.5, 0.6) is 0 Å². The molecule has 2 N–H and O–H groups in total. The van der Waals surface area contributed by atoms with E-state index in [1.807, 2.05) is 6.92 Å². The number of carbonyl (C=O) groups excluding carboxylic acids is 1. The van der Waals surface area contributed by atoms with E-state index in [1.54, 1.807) is 17.0 Å². The number of carbonyl (C=O) groups is 1. The largest absolute Gasteiger partial charge is 0.377 e. The van der Waals surface area contributed by atoms with E-state index >= 15 is 0 Å². The summed E-state index contributed by atoms with van der Waals surface area (Å²) in [4.78, 5) is 25.2. The van der Waals surface area contributed by atoms with Crippen LogP contribution in [0.25, 0.3) is 0 Å². The van der Waals surface area contributed by atoms with Gasteiger partial charge in [0.05, 0.1) is 4.92 Å². The van der Waals surface area contributed by atoms with Gasteiger partial charge in [-0.25, -0.2) is 0 Å². The summed E-state index contributed by atoms with van der Waals surface area (Å²) in [5.74, 6) is -0.143. The second-order valence-electron chi connectivity index (χ2n) is 5.96. The van der Waals surface area contributed by atoms with Crippen LogP contribution in [-0.2, 0) is 0 Å². The van der Waals surface area contributed by atoms with Crippen molar-refractivity contribution in [3.8, 4) is 0 Å². The zero-order chi connectivity index (χ0) is 15.7. The number of rotatable bonds is 4. The predicted molar refractivity (Wildman–Crippen MR) is 83.1 cm³/mol. The van der Waals surface area contributed by atoms with Gasteiger partial charge in [0, 0.05) is 43.3 Å². The Balaban J connectivity index is 1.85. The smallest absolute Gasteiger partial charge is 0.293 e. The van der Waals surface area contributed by atoms with Crippen LogP contribution in [0.2, 0.25) is 0 Å². The maximum atomic E-state index is 12.6. The molecule has 3 rings (SSSR count). The quantitative estimate of drug-likeness (QED) is 0.651. The first-order chi connectivity index (χ1) is 10.6. The fraction of sp³-hybridized carbons (Fsp3) is 0.533. The minimum atomic E-state index is -0.428. The Hall–Kier alpha value is -2.15. The lowest BCUT2D eigenvalue weighted by Crippen LogP contribution is -2.52. The summed E-state index contributed by atoms with van der Waals surface area (Å²) >= 11 is 0. The topological polar surface area (TPSA) is 87.5 Å². The van der Waals surface area contributed by atoms with Gasteiger partial charge in [0.25, 0.3) is 11.6 Å². The predicted octanol–water partition coefficient (Wildman–Crippen LogP) is 1.60. The third kappa shape index (κ3) is 3.04. The average Bonchev–Trinajstić information content (AvgIpc) is 3.31. The van der Waals surface area contributed by atoms with Crippen LogP contribution in [0.4, 0.5) is 11.4 Å². The first kappa shape index (κ1) is 14.8. The van der Waals surface area contributed by atoms with Crippen LogP contribution >= 0.6 is 0 Å². The van der Waals surface area contributed by atoms with Crippen molar-refractivity contribution in [2.75, 3.05) is 25.0 Å². The molecule has 118 valence electrons. The Morgan fingerprint density at radius 1 is 1.45 bits per heavy atom. The molecule has 22 heavy (non-hydrogen) atoms. The van der Waals surface area contributed by atoms with E-state index in [9.17, 15) is 14.9 Å². The molecule has 2 aliphatic rings. The van der Waals surface area contributed by atoms with Crippen LogP contribution in [0, 0.1) is 10.1 Å². The van der Waals surface area contributed by atoms with E-state index in [2.05, 4.69) is 10.6 Å². The summed E-state index contributed by atoms with van der Waals surface area (Å²) in [5.41, 5.74) is 0.847. The summed E-state index contributed by atoms with van der Waals surface area (Å²) in [5, 5.41) is 17.6. The molecule has 1 aromatic carbocycles. The Morgan fingerprint density at radius 3 is 2.86 bits per heavy atom. The Labute approximate surface area is 128 Å². The van der Waals surface area contributed by atoms with Crippen LogP contribution in [0.1, 0.15) is 30.1 Å². The second kappa shape index (κ2) is 5.92. The molecule has 0 bridgehead atoms. The molecule has 0 aromatic heterocycles. The van der Waals surface area contributed by atoms with Crippen LogP contribution in [0.3, 0.4) is 0 Å². The third-order valence-electron chi connectivity index (χ3n) is 4.14. The second-order valence-corrected chi connectivity index (χ2v) is 5.96. The number of piperazine rings is 1. The van der Waals surface area contributed by atoms with Crippen molar-refractivity contribution in [3.63, 3.8) is 0 Å². The van der Waals surface area contributed by atoms with Gasteiger partial charge < -0.3 is 15.5 Å². The third-order valence-corrected chi connectivity index (χ3v) is 4.14. The zero-order valence-corrected chi connectivity index (χ0v) is 12.5. The number of nitro benzene ring substituents is 1. The van der Waals surface area contributed by atoms with Gasteiger partial charge in [0.1, 0.15) is 5.69 Å². The fourth-order valence-corrected chi connectivity index (χ4v) is 2.69. The summed E-state index contributed by atoms with van der Waals surface area (Å²) in [7, 11) is 0. The van der Waals surface area contributed by atoms with E-state index in [1.165, 1.54) is 6.07 Å². The summed E-state index contributed by atoms with van der Waals surface area (Å²) in [6.07, 6.45) is 2.08. The van der Waals surface area contributed by atoms with Gasteiger partial charge >= 0.3 is 0 Å². The van der Waals surface area contributed by atoms with Gasteiger partial charge in [-0.05, 0) is 31.9 Å². The number of nitrogens with zero attached hydrogens (tertiary/aromatic N) is 2. The van der Waals surface area contributed by atoms with Crippen LogP contribution < -0.4 is 10.6 Å². The van der Waals surface area contributed by atoms with Crippen molar-refractivity contribution in [1.82, 2.24) is 10.2 Å². The number of benzene rings is 1. The van der Waals surface area contributed by atoms with Crippen molar-refractivity contribution in [3.05, 3.63) is 33.9 Å². The van der Waals surface area contributed by atoms with Crippen molar-refractivity contribution in [2.24, 2.45) is 0 Å². The highest BCUT2D eigenvalue weighted by Crippen LogP contribution is 2.32. The van der Waals surface area contributed by atoms with E-state index in [-0.39, 0.29) is 17.6 Å². The number of nitrogens with one attached hydrogen (secondary N) is 2. The molecule has 1 saturated heterocycles. The molecule has 0 radical (unpaired) electrons.